The third-order valence-corrected chi connectivity index (χ3v) is 2.10. The molecular formula is C13H16O4. The highest BCUT2D eigenvalue weighted by Gasteiger charge is 2.03. The van der Waals surface area contributed by atoms with Crippen molar-refractivity contribution in [2.75, 3.05) is 20.8 Å². The van der Waals surface area contributed by atoms with Crippen molar-refractivity contribution in [3.05, 3.63) is 29.8 Å². The van der Waals surface area contributed by atoms with Gasteiger partial charge in [0.1, 0.15) is 0 Å². The fraction of sp³-hybridized carbons (Fsp3) is 0.308. The van der Waals surface area contributed by atoms with Crippen molar-refractivity contribution in [1.82, 2.24) is 0 Å². The lowest BCUT2D eigenvalue weighted by molar-refractivity contribution is -0.134. The molecule has 4 nitrogen and oxygen atoms in total. The van der Waals surface area contributed by atoms with Gasteiger partial charge in [0.2, 0.25) is 0 Å². The van der Waals surface area contributed by atoms with E-state index in [0.717, 1.165) is 5.56 Å². The summed E-state index contributed by atoms with van der Waals surface area (Å²) in [6.45, 7) is 2.46. The zero-order valence-corrected chi connectivity index (χ0v) is 10.2. The maximum absolute atomic E-state index is 11.0. The Morgan fingerprint density at radius 1 is 1.29 bits per heavy atom. The Hall–Kier alpha value is -1.97. The average molecular weight is 236 g/mol. The predicted octanol–water partition coefficient (Wildman–Crippen LogP) is 2.28. The Kier molecular flexibility index (Phi) is 5.07. The maximum Gasteiger partial charge on any atom is 0.330 e. The summed E-state index contributed by atoms with van der Waals surface area (Å²) in [4.78, 5) is 11.0. The Morgan fingerprint density at radius 2 is 2.06 bits per heavy atom. The quantitative estimate of drug-likeness (QED) is 0.581. The molecule has 0 heterocycles. The summed E-state index contributed by atoms with van der Waals surface area (Å²) < 4.78 is 15.1. The van der Waals surface area contributed by atoms with Crippen molar-refractivity contribution < 1.29 is 19.0 Å². The first-order valence-corrected chi connectivity index (χ1v) is 5.28. The van der Waals surface area contributed by atoms with Crippen LogP contribution in [0.2, 0.25) is 0 Å². The van der Waals surface area contributed by atoms with Crippen LogP contribution in [0, 0.1) is 0 Å². The van der Waals surface area contributed by atoms with E-state index >= 15 is 0 Å². The minimum absolute atomic E-state index is 0.390. The Bertz CT molecular complexity index is 410. The Balaban J connectivity index is 2.91. The summed E-state index contributed by atoms with van der Waals surface area (Å²) in [5.41, 5.74) is 0.847. The van der Waals surface area contributed by atoms with E-state index in [1.807, 2.05) is 19.1 Å². The third-order valence-electron chi connectivity index (χ3n) is 2.10. The van der Waals surface area contributed by atoms with Crippen LogP contribution < -0.4 is 9.47 Å². The molecule has 0 radical (unpaired) electrons. The van der Waals surface area contributed by atoms with Gasteiger partial charge >= 0.3 is 5.97 Å². The molecule has 0 fully saturated rings. The molecule has 0 saturated heterocycles. The predicted molar refractivity (Wildman–Crippen MR) is 65.2 cm³/mol. The number of carbonyl (C=O) groups is 1. The first-order chi connectivity index (χ1) is 8.21. The largest absolute Gasteiger partial charge is 0.493 e. The normalized spacial score (nSPS) is 10.3. The Labute approximate surface area is 101 Å². The number of benzene rings is 1. The van der Waals surface area contributed by atoms with Gasteiger partial charge in [-0.2, -0.15) is 0 Å². The van der Waals surface area contributed by atoms with Gasteiger partial charge in [-0.15, -0.1) is 0 Å². The summed E-state index contributed by atoms with van der Waals surface area (Å²) >= 11 is 0. The van der Waals surface area contributed by atoms with E-state index in [1.54, 1.807) is 19.3 Å². The molecule has 0 amide bonds. The number of ether oxygens (including phenoxy) is 3. The van der Waals surface area contributed by atoms with Crippen molar-refractivity contribution in [2.24, 2.45) is 0 Å². The van der Waals surface area contributed by atoms with E-state index < -0.39 is 5.97 Å². The average Bonchev–Trinajstić information content (AvgIpc) is 2.36. The van der Waals surface area contributed by atoms with E-state index in [0.29, 0.717) is 18.1 Å². The maximum atomic E-state index is 11.0. The van der Waals surface area contributed by atoms with E-state index in [9.17, 15) is 4.79 Å². The van der Waals surface area contributed by atoms with Crippen molar-refractivity contribution in [2.45, 2.75) is 6.92 Å². The number of hydrogen-bond acceptors (Lipinski definition) is 4. The molecule has 0 bridgehead atoms. The van der Waals surface area contributed by atoms with Gasteiger partial charge in [-0.1, -0.05) is 6.07 Å². The summed E-state index contributed by atoms with van der Waals surface area (Å²) in [7, 11) is 2.92. The fourth-order valence-corrected chi connectivity index (χ4v) is 1.30. The summed E-state index contributed by atoms with van der Waals surface area (Å²) in [6.07, 6.45) is 3.02. The highest BCUT2D eigenvalue weighted by atomic mass is 16.5. The third kappa shape index (κ3) is 3.83. The van der Waals surface area contributed by atoms with Crippen LogP contribution in [0.4, 0.5) is 0 Å². The van der Waals surface area contributed by atoms with Gasteiger partial charge in [0, 0.05) is 6.08 Å². The van der Waals surface area contributed by atoms with E-state index in [-0.39, 0.29) is 0 Å². The number of esters is 1. The minimum Gasteiger partial charge on any atom is -0.493 e. The molecule has 0 aliphatic carbocycles. The van der Waals surface area contributed by atoms with Crippen molar-refractivity contribution in [1.29, 1.82) is 0 Å². The summed E-state index contributed by atoms with van der Waals surface area (Å²) in [6, 6.07) is 5.44. The van der Waals surface area contributed by atoms with Crippen LogP contribution in [0.1, 0.15) is 12.5 Å². The molecule has 1 aromatic carbocycles. The first-order valence-electron chi connectivity index (χ1n) is 5.28. The van der Waals surface area contributed by atoms with Crippen LogP contribution in [0.5, 0.6) is 11.5 Å². The van der Waals surface area contributed by atoms with Gasteiger partial charge in [0.05, 0.1) is 20.8 Å². The minimum atomic E-state index is -0.390. The molecule has 0 atom stereocenters. The van der Waals surface area contributed by atoms with Gasteiger partial charge in [0.25, 0.3) is 0 Å². The second-order valence-electron chi connectivity index (χ2n) is 3.20. The number of methoxy groups -OCH3 is 2. The fourth-order valence-electron chi connectivity index (χ4n) is 1.30. The van der Waals surface area contributed by atoms with Crippen LogP contribution in [-0.4, -0.2) is 26.8 Å². The molecule has 0 aliphatic heterocycles. The van der Waals surface area contributed by atoms with Crippen LogP contribution in [0.15, 0.2) is 24.3 Å². The first kappa shape index (κ1) is 13.1. The van der Waals surface area contributed by atoms with Crippen molar-refractivity contribution in [3.63, 3.8) is 0 Å². The molecule has 0 aromatic heterocycles. The van der Waals surface area contributed by atoms with Gasteiger partial charge in [-0.3, -0.25) is 0 Å². The molecule has 4 heteroatoms. The topological polar surface area (TPSA) is 44.8 Å². The molecule has 0 spiro atoms. The standard InChI is InChI=1S/C13H16O4/c1-4-17-12-9-10(5-7-11(12)15-2)6-8-13(14)16-3/h5-9H,4H2,1-3H3. The molecule has 1 rings (SSSR count). The SMILES string of the molecule is CCOc1cc(C=CC(=O)OC)ccc1OC. The molecule has 0 unspecified atom stereocenters. The molecular weight excluding hydrogens is 220 g/mol. The van der Waals surface area contributed by atoms with E-state index in [1.165, 1.54) is 13.2 Å². The smallest absolute Gasteiger partial charge is 0.330 e. The molecule has 0 N–H and O–H groups in total. The molecule has 17 heavy (non-hydrogen) atoms. The highest BCUT2D eigenvalue weighted by molar-refractivity contribution is 5.87. The summed E-state index contributed by atoms with van der Waals surface area (Å²) in [5.74, 6) is 0.933. The van der Waals surface area contributed by atoms with Gasteiger partial charge in [0.15, 0.2) is 11.5 Å². The monoisotopic (exact) mass is 236 g/mol. The van der Waals surface area contributed by atoms with E-state index in [2.05, 4.69) is 4.74 Å². The van der Waals surface area contributed by atoms with Gasteiger partial charge in [-0.25, -0.2) is 4.79 Å². The number of rotatable bonds is 5. The lowest BCUT2D eigenvalue weighted by Gasteiger charge is -2.09. The summed E-state index contributed by atoms with van der Waals surface area (Å²) in [5, 5.41) is 0. The zero-order chi connectivity index (χ0) is 12.7. The molecule has 0 aliphatic rings. The number of carbonyl (C=O) groups excluding carboxylic acids is 1. The number of hydrogen-bond donors (Lipinski definition) is 0. The van der Waals surface area contributed by atoms with Crippen molar-refractivity contribution in [3.8, 4) is 11.5 Å². The second-order valence-corrected chi connectivity index (χ2v) is 3.20. The van der Waals surface area contributed by atoms with Gasteiger partial charge < -0.3 is 14.2 Å². The van der Waals surface area contributed by atoms with Crippen LogP contribution >= 0.6 is 0 Å². The lowest BCUT2D eigenvalue weighted by atomic mass is 10.2. The van der Waals surface area contributed by atoms with Crippen LogP contribution in [-0.2, 0) is 9.53 Å². The van der Waals surface area contributed by atoms with Crippen molar-refractivity contribution >= 4 is 12.0 Å². The zero-order valence-electron chi connectivity index (χ0n) is 10.2. The lowest BCUT2D eigenvalue weighted by Crippen LogP contribution is -1.96. The van der Waals surface area contributed by atoms with E-state index in [4.69, 9.17) is 9.47 Å². The molecule has 0 saturated carbocycles. The Morgan fingerprint density at radius 3 is 2.65 bits per heavy atom. The van der Waals surface area contributed by atoms with Crippen LogP contribution in [0.3, 0.4) is 0 Å². The molecule has 1 aromatic rings. The van der Waals surface area contributed by atoms with Gasteiger partial charge in [-0.05, 0) is 30.7 Å². The second kappa shape index (κ2) is 6.58. The highest BCUT2D eigenvalue weighted by Crippen LogP contribution is 2.28. The van der Waals surface area contributed by atoms with Crippen LogP contribution in [0.25, 0.3) is 6.08 Å². The molecule has 92 valence electrons.